The van der Waals surface area contributed by atoms with Crippen molar-refractivity contribution in [1.82, 2.24) is 10.6 Å². The Morgan fingerprint density at radius 1 is 1.17 bits per heavy atom. The van der Waals surface area contributed by atoms with E-state index in [9.17, 15) is 9.59 Å². The van der Waals surface area contributed by atoms with E-state index in [4.69, 9.17) is 4.74 Å². The molecule has 2 rings (SSSR count). The third-order valence-electron chi connectivity index (χ3n) is 4.13. The molecule has 5 nitrogen and oxygen atoms in total. The topological polar surface area (TPSA) is 67.4 Å². The van der Waals surface area contributed by atoms with Crippen molar-refractivity contribution in [2.24, 2.45) is 0 Å². The Balaban J connectivity index is 1.95. The van der Waals surface area contributed by atoms with E-state index in [0.717, 1.165) is 18.4 Å². The Labute approximate surface area is 137 Å². The number of hydrogen-bond acceptors (Lipinski definition) is 3. The number of rotatable bonds is 6. The molecule has 0 bridgehead atoms. The first-order chi connectivity index (χ1) is 11.2. The van der Waals surface area contributed by atoms with Gasteiger partial charge in [0, 0.05) is 6.04 Å². The standard InChI is InChI=1S/C18H26N2O3/c1-2-23-18(22)20-16(14-9-5-3-6-10-14)13-17(21)19-15-11-7-4-8-12-15/h3,5-6,9-10,15-16H,2,4,7-8,11-13H2,1H3,(H,19,21)(H,20,22). The average Bonchev–Trinajstić information content (AvgIpc) is 2.56. The summed E-state index contributed by atoms with van der Waals surface area (Å²) in [6.07, 6.45) is 5.43. The van der Waals surface area contributed by atoms with Gasteiger partial charge in [-0.3, -0.25) is 4.79 Å². The molecule has 0 spiro atoms. The van der Waals surface area contributed by atoms with Crippen molar-refractivity contribution >= 4 is 12.0 Å². The van der Waals surface area contributed by atoms with Crippen molar-refractivity contribution < 1.29 is 14.3 Å². The zero-order chi connectivity index (χ0) is 16.5. The van der Waals surface area contributed by atoms with Crippen LogP contribution < -0.4 is 10.6 Å². The molecule has 0 aliphatic heterocycles. The van der Waals surface area contributed by atoms with Gasteiger partial charge in [0.2, 0.25) is 5.91 Å². The van der Waals surface area contributed by atoms with Crippen molar-refractivity contribution in [3.8, 4) is 0 Å². The van der Waals surface area contributed by atoms with E-state index in [0.29, 0.717) is 6.61 Å². The highest BCUT2D eigenvalue weighted by atomic mass is 16.5. The average molecular weight is 318 g/mol. The van der Waals surface area contributed by atoms with Crippen LogP contribution in [0.15, 0.2) is 30.3 Å². The second-order valence-corrected chi connectivity index (χ2v) is 5.93. The fourth-order valence-corrected chi connectivity index (χ4v) is 2.97. The van der Waals surface area contributed by atoms with Crippen molar-refractivity contribution in [3.05, 3.63) is 35.9 Å². The number of benzene rings is 1. The molecule has 2 amide bonds. The molecule has 1 aromatic rings. The lowest BCUT2D eigenvalue weighted by molar-refractivity contribution is -0.122. The predicted molar refractivity (Wildman–Crippen MR) is 89.0 cm³/mol. The molecule has 0 saturated heterocycles. The summed E-state index contributed by atoms with van der Waals surface area (Å²) in [5, 5.41) is 5.87. The molecule has 2 N–H and O–H groups in total. The first kappa shape index (κ1) is 17.3. The van der Waals surface area contributed by atoms with Crippen LogP contribution >= 0.6 is 0 Å². The quantitative estimate of drug-likeness (QED) is 0.845. The highest BCUT2D eigenvalue weighted by molar-refractivity contribution is 5.78. The highest BCUT2D eigenvalue weighted by Crippen LogP contribution is 2.20. The minimum Gasteiger partial charge on any atom is -0.450 e. The number of hydrogen-bond donors (Lipinski definition) is 2. The molecular weight excluding hydrogens is 292 g/mol. The van der Waals surface area contributed by atoms with Gasteiger partial charge in [0.15, 0.2) is 0 Å². The van der Waals surface area contributed by atoms with Crippen LogP contribution in [0.25, 0.3) is 0 Å². The van der Waals surface area contributed by atoms with Gasteiger partial charge in [-0.25, -0.2) is 4.79 Å². The normalized spacial score (nSPS) is 16.4. The second kappa shape index (κ2) is 9.18. The SMILES string of the molecule is CCOC(=O)NC(CC(=O)NC1CCCCC1)c1ccccc1. The Kier molecular flexibility index (Phi) is 6.91. The molecule has 1 unspecified atom stereocenters. The van der Waals surface area contributed by atoms with Gasteiger partial charge in [-0.05, 0) is 25.3 Å². The van der Waals surface area contributed by atoms with Crippen LogP contribution in [0.1, 0.15) is 57.1 Å². The van der Waals surface area contributed by atoms with E-state index in [-0.39, 0.29) is 24.4 Å². The summed E-state index contributed by atoms with van der Waals surface area (Å²) in [4.78, 5) is 24.1. The largest absolute Gasteiger partial charge is 0.450 e. The first-order valence-electron chi connectivity index (χ1n) is 8.46. The van der Waals surface area contributed by atoms with Crippen molar-refractivity contribution in [3.63, 3.8) is 0 Å². The number of alkyl carbamates (subject to hydrolysis) is 1. The van der Waals surface area contributed by atoms with E-state index >= 15 is 0 Å². The summed E-state index contributed by atoms with van der Waals surface area (Å²) in [5.74, 6) is -0.0254. The molecule has 5 heteroatoms. The van der Waals surface area contributed by atoms with Crippen LogP contribution in [-0.2, 0) is 9.53 Å². The van der Waals surface area contributed by atoms with Crippen LogP contribution in [0, 0.1) is 0 Å². The number of ether oxygens (including phenoxy) is 1. The third-order valence-corrected chi connectivity index (χ3v) is 4.13. The zero-order valence-corrected chi connectivity index (χ0v) is 13.7. The third kappa shape index (κ3) is 5.93. The summed E-state index contributed by atoms with van der Waals surface area (Å²) in [6, 6.07) is 9.42. The van der Waals surface area contributed by atoms with E-state index in [1.54, 1.807) is 6.92 Å². The molecule has 1 aliphatic carbocycles. The maximum absolute atomic E-state index is 12.3. The second-order valence-electron chi connectivity index (χ2n) is 5.93. The summed E-state index contributed by atoms with van der Waals surface area (Å²) >= 11 is 0. The number of carbonyl (C=O) groups is 2. The van der Waals surface area contributed by atoms with Crippen molar-refractivity contribution in [2.75, 3.05) is 6.61 Å². The minimum absolute atomic E-state index is 0.0254. The van der Waals surface area contributed by atoms with Crippen LogP contribution in [0.5, 0.6) is 0 Å². The van der Waals surface area contributed by atoms with Gasteiger partial charge in [0.1, 0.15) is 0 Å². The Morgan fingerprint density at radius 2 is 1.87 bits per heavy atom. The maximum atomic E-state index is 12.3. The lowest BCUT2D eigenvalue weighted by Gasteiger charge is -2.24. The monoisotopic (exact) mass is 318 g/mol. The highest BCUT2D eigenvalue weighted by Gasteiger charge is 2.21. The lowest BCUT2D eigenvalue weighted by Crippen LogP contribution is -2.39. The van der Waals surface area contributed by atoms with Crippen molar-refractivity contribution in [1.29, 1.82) is 0 Å². The van der Waals surface area contributed by atoms with Crippen LogP contribution in [-0.4, -0.2) is 24.6 Å². The summed E-state index contributed by atoms with van der Waals surface area (Å²) in [5.41, 5.74) is 0.902. The van der Waals surface area contributed by atoms with Crippen molar-refractivity contribution in [2.45, 2.75) is 57.5 Å². The lowest BCUT2D eigenvalue weighted by atomic mass is 9.95. The fourth-order valence-electron chi connectivity index (χ4n) is 2.97. The van der Waals surface area contributed by atoms with E-state index < -0.39 is 6.09 Å². The smallest absolute Gasteiger partial charge is 0.407 e. The Morgan fingerprint density at radius 3 is 2.52 bits per heavy atom. The van der Waals surface area contributed by atoms with Gasteiger partial charge in [0.05, 0.1) is 19.1 Å². The summed E-state index contributed by atoms with van der Waals surface area (Å²) in [6.45, 7) is 2.06. The molecule has 1 saturated carbocycles. The van der Waals surface area contributed by atoms with Crippen LogP contribution in [0.2, 0.25) is 0 Å². The van der Waals surface area contributed by atoms with Gasteiger partial charge < -0.3 is 15.4 Å². The first-order valence-corrected chi connectivity index (χ1v) is 8.46. The molecule has 0 radical (unpaired) electrons. The molecule has 0 heterocycles. The predicted octanol–water partition coefficient (Wildman–Crippen LogP) is 3.31. The molecule has 0 aromatic heterocycles. The van der Waals surface area contributed by atoms with Crippen LogP contribution in [0.3, 0.4) is 0 Å². The van der Waals surface area contributed by atoms with E-state index in [2.05, 4.69) is 10.6 Å². The maximum Gasteiger partial charge on any atom is 0.407 e. The number of nitrogens with one attached hydrogen (secondary N) is 2. The summed E-state index contributed by atoms with van der Waals surface area (Å²) < 4.78 is 4.94. The van der Waals surface area contributed by atoms with Gasteiger partial charge >= 0.3 is 6.09 Å². The van der Waals surface area contributed by atoms with Gasteiger partial charge in [-0.1, -0.05) is 49.6 Å². The summed E-state index contributed by atoms with van der Waals surface area (Å²) in [7, 11) is 0. The number of carbonyl (C=O) groups excluding carboxylic acids is 2. The van der Waals surface area contributed by atoms with Gasteiger partial charge in [0.25, 0.3) is 0 Å². The molecule has 126 valence electrons. The molecule has 1 aromatic carbocycles. The minimum atomic E-state index is -0.494. The molecule has 1 fully saturated rings. The number of amides is 2. The molecular formula is C18H26N2O3. The van der Waals surface area contributed by atoms with E-state index in [1.807, 2.05) is 30.3 Å². The van der Waals surface area contributed by atoms with Gasteiger partial charge in [-0.2, -0.15) is 0 Å². The Hall–Kier alpha value is -2.04. The zero-order valence-electron chi connectivity index (χ0n) is 13.7. The Bertz CT molecular complexity index is 498. The van der Waals surface area contributed by atoms with E-state index in [1.165, 1.54) is 19.3 Å². The molecule has 1 aliphatic rings. The fraction of sp³-hybridized carbons (Fsp3) is 0.556. The molecule has 23 heavy (non-hydrogen) atoms. The van der Waals surface area contributed by atoms with Gasteiger partial charge in [-0.15, -0.1) is 0 Å². The molecule has 1 atom stereocenters. The van der Waals surface area contributed by atoms with Crippen LogP contribution in [0.4, 0.5) is 4.79 Å².